The molecule has 0 spiro atoms. The van der Waals surface area contributed by atoms with Crippen molar-refractivity contribution in [2.24, 2.45) is 5.92 Å². The summed E-state index contributed by atoms with van der Waals surface area (Å²) in [5.74, 6) is 1.48. The summed E-state index contributed by atoms with van der Waals surface area (Å²) in [5, 5.41) is 7.40. The monoisotopic (exact) mass is 358 g/mol. The summed E-state index contributed by atoms with van der Waals surface area (Å²) in [6.45, 7) is 5.00. The van der Waals surface area contributed by atoms with Gasteiger partial charge in [-0.2, -0.15) is 5.10 Å². The molecule has 1 N–H and O–H groups in total. The maximum absolute atomic E-state index is 12.4. The van der Waals surface area contributed by atoms with Crippen molar-refractivity contribution in [3.8, 4) is 0 Å². The number of carbonyl (C=O) groups excluding carboxylic acids is 1. The van der Waals surface area contributed by atoms with Gasteiger partial charge in [0.05, 0.1) is 31.0 Å². The van der Waals surface area contributed by atoms with Crippen LogP contribution in [0.3, 0.4) is 0 Å². The van der Waals surface area contributed by atoms with E-state index in [1.165, 1.54) is 5.69 Å². The second-order valence-electron chi connectivity index (χ2n) is 7.23. The zero-order valence-corrected chi connectivity index (χ0v) is 15.0. The molecule has 7 heteroatoms. The molecule has 7 nitrogen and oxygen atoms in total. The van der Waals surface area contributed by atoms with E-state index < -0.39 is 0 Å². The van der Waals surface area contributed by atoms with Crippen LogP contribution in [0.25, 0.3) is 0 Å². The molecular formula is C19H26N4O3. The first-order chi connectivity index (χ1) is 12.8. The molecule has 0 unspecified atom stereocenters. The van der Waals surface area contributed by atoms with Crippen molar-refractivity contribution in [3.63, 3.8) is 0 Å². The van der Waals surface area contributed by atoms with Gasteiger partial charge in [0.15, 0.2) is 0 Å². The van der Waals surface area contributed by atoms with E-state index in [9.17, 15) is 4.79 Å². The van der Waals surface area contributed by atoms with Crippen LogP contribution in [0, 0.1) is 5.92 Å². The molecule has 1 fully saturated rings. The fraction of sp³-hybridized carbons (Fsp3) is 0.579. The molecule has 2 aliphatic rings. The van der Waals surface area contributed by atoms with Crippen LogP contribution in [0.5, 0.6) is 0 Å². The largest absolute Gasteiger partial charge is 0.467 e. The third-order valence-electron chi connectivity index (χ3n) is 5.27. The Morgan fingerprint density at radius 3 is 3.00 bits per heavy atom. The summed E-state index contributed by atoms with van der Waals surface area (Å²) in [7, 11) is 0. The molecule has 0 saturated carbocycles. The molecule has 0 aromatic carbocycles. The summed E-state index contributed by atoms with van der Waals surface area (Å²) in [6, 6.07) is 5.82. The smallest absolute Gasteiger partial charge is 0.222 e. The number of hydrogen-bond acceptors (Lipinski definition) is 5. The molecule has 0 bridgehead atoms. The number of nitrogens with zero attached hydrogens (tertiary/aromatic N) is 3. The highest BCUT2D eigenvalue weighted by Gasteiger charge is 2.29. The normalized spacial score (nSPS) is 21.5. The van der Waals surface area contributed by atoms with Crippen LogP contribution in [0.4, 0.5) is 0 Å². The van der Waals surface area contributed by atoms with E-state index in [1.54, 1.807) is 6.26 Å². The molecule has 1 atom stereocenters. The van der Waals surface area contributed by atoms with Crippen LogP contribution in [-0.4, -0.2) is 46.9 Å². The van der Waals surface area contributed by atoms with Gasteiger partial charge in [0, 0.05) is 39.0 Å². The number of rotatable bonds is 6. The number of carbonyl (C=O) groups is 1. The molecule has 2 aliphatic heterocycles. The average molecular weight is 358 g/mol. The molecule has 4 heterocycles. The molecule has 4 rings (SSSR count). The van der Waals surface area contributed by atoms with Crippen molar-refractivity contribution < 1.29 is 13.9 Å². The van der Waals surface area contributed by atoms with Gasteiger partial charge in [-0.15, -0.1) is 0 Å². The van der Waals surface area contributed by atoms with E-state index in [0.717, 1.165) is 51.4 Å². The number of nitrogens with one attached hydrogen (secondary N) is 1. The van der Waals surface area contributed by atoms with Gasteiger partial charge in [0.25, 0.3) is 0 Å². The van der Waals surface area contributed by atoms with E-state index in [4.69, 9.17) is 9.15 Å². The topological polar surface area (TPSA) is 72.5 Å². The summed E-state index contributed by atoms with van der Waals surface area (Å²) < 4.78 is 12.8. The minimum Gasteiger partial charge on any atom is -0.467 e. The molecule has 0 radical (unpaired) electrons. The number of fused-ring (bicyclic) bond motifs is 1. The van der Waals surface area contributed by atoms with Crippen LogP contribution in [0.15, 0.2) is 35.1 Å². The standard InChI is InChI=1S/C19H26N4O3/c24-19(20-11-18-2-1-7-26-18)10-17-14-22(12-15-4-8-25-9-5-15)13-16-3-6-21-23(16)17/h1-3,6-7,15,17H,4-5,8-14H2,(H,20,24)/t17-/m1/s1. The molecule has 2 aromatic heterocycles. The summed E-state index contributed by atoms with van der Waals surface area (Å²) in [5.41, 5.74) is 1.19. The molecular weight excluding hydrogens is 332 g/mol. The molecule has 1 amide bonds. The lowest BCUT2D eigenvalue weighted by atomic mass is 9.98. The van der Waals surface area contributed by atoms with Crippen molar-refractivity contribution in [1.82, 2.24) is 20.0 Å². The maximum Gasteiger partial charge on any atom is 0.222 e. The van der Waals surface area contributed by atoms with Gasteiger partial charge in [-0.3, -0.25) is 14.4 Å². The Morgan fingerprint density at radius 2 is 2.19 bits per heavy atom. The fourth-order valence-corrected chi connectivity index (χ4v) is 3.93. The van der Waals surface area contributed by atoms with Crippen LogP contribution in [0.2, 0.25) is 0 Å². The third kappa shape index (κ3) is 4.16. The lowest BCUT2D eigenvalue weighted by Crippen LogP contribution is -2.42. The second-order valence-corrected chi connectivity index (χ2v) is 7.23. The number of amides is 1. The van der Waals surface area contributed by atoms with Crippen molar-refractivity contribution in [2.75, 3.05) is 26.3 Å². The van der Waals surface area contributed by atoms with Gasteiger partial charge in [0.1, 0.15) is 5.76 Å². The first-order valence-electron chi connectivity index (χ1n) is 9.39. The Kier molecular flexibility index (Phi) is 5.36. The van der Waals surface area contributed by atoms with Gasteiger partial charge in [-0.25, -0.2) is 0 Å². The SMILES string of the molecule is O=C(C[C@@H]1CN(CC2CCOCC2)Cc2ccnn21)NCc1ccco1. The molecule has 1 saturated heterocycles. The van der Waals surface area contributed by atoms with Gasteiger partial charge in [0.2, 0.25) is 5.91 Å². The highest BCUT2D eigenvalue weighted by atomic mass is 16.5. The van der Waals surface area contributed by atoms with Gasteiger partial charge < -0.3 is 14.5 Å². The van der Waals surface area contributed by atoms with E-state index in [2.05, 4.69) is 21.4 Å². The van der Waals surface area contributed by atoms with Crippen LogP contribution in [0.1, 0.15) is 36.8 Å². The zero-order valence-electron chi connectivity index (χ0n) is 15.0. The predicted octanol–water partition coefficient (Wildman–Crippen LogP) is 1.97. The lowest BCUT2D eigenvalue weighted by molar-refractivity contribution is -0.122. The maximum atomic E-state index is 12.4. The minimum atomic E-state index is 0.0285. The quantitative estimate of drug-likeness (QED) is 0.855. The Labute approximate surface area is 153 Å². The molecule has 0 aliphatic carbocycles. The summed E-state index contributed by atoms with van der Waals surface area (Å²) in [4.78, 5) is 14.9. The van der Waals surface area contributed by atoms with Crippen LogP contribution in [-0.2, 0) is 22.6 Å². The van der Waals surface area contributed by atoms with E-state index in [0.29, 0.717) is 18.9 Å². The third-order valence-corrected chi connectivity index (χ3v) is 5.27. The number of ether oxygens (including phenoxy) is 1. The summed E-state index contributed by atoms with van der Waals surface area (Å²) >= 11 is 0. The number of hydrogen-bond donors (Lipinski definition) is 1. The second kappa shape index (κ2) is 8.05. The van der Waals surface area contributed by atoms with Crippen LogP contribution < -0.4 is 5.32 Å². The molecule has 2 aromatic rings. The highest BCUT2D eigenvalue weighted by Crippen LogP contribution is 2.25. The fourth-order valence-electron chi connectivity index (χ4n) is 3.93. The Morgan fingerprint density at radius 1 is 1.31 bits per heavy atom. The highest BCUT2D eigenvalue weighted by molar-refractivity contribution is 5.76. The number of furan rings is 1. The predicted molar refractivity (Wildman–Crippen MR) is 95.3 cm³/mol. The van der Waals surface area contributed by atoms with Crippen LogP contribution >= 0.6 is 0 Å². The van der Waals surface area contributed by atoms with E-state index >= 15 is 0 Å². The first kappa shape index (κ1) is 17.3. The van der Waals surface area contributed by atoms with Gasteiger partial charge in [-0.05, 0) is 37.0 Å². The Bertz CT molecular complexity index is 706. The Hall–Kier alpha value is -2.12. The summed E-state index contributed by atoms with van der Waals surface area (Å²) in [6.07, 6.45) is 6.14. The molecule has 26 heavy (non-hydrogen) atoms. The zero-order chi connectivity index (χ0) is 17.8. The minimum absolute atomic E-state index is 0.0285. The average Bonchev–Trinajstić information content (AvgIpc) is 3.32. The van der Waals surface area contributed by atoms with Crippen molar-refractivity contribution in [1.29, 1.82) is 0 Å². The van der Waals surface area contributed by atoms with Crippen molar-refractivity contribution in [3.05, 3.63) is 42.1 Å². The molecule has 140 valence electrons. The van der Waals surface area contributed by atoms with Crippen molar-refractivity contribution >= 4 is 5.91 Å². The van der Waals surface area contributed by atoms with Crippen molar-refractivity contribution in [2.45, 2.75) is 38.4 Å². The van der Waals surface area contributed by atoms with Gasteiger partial charge in [-0.1, -0.05) is 0 Å². The lowest BCUT2D eigenvalue weighted by Gasteiger charge is -2.36. The van der Waals surface area contributed by atoms with E-state index in [1.807, 2.05) is 23.0 Å². The van der Waals surface area contributed by atoms with Gasteiger partial charge >= 0.3 is 0 Å². The Balaban J connectivity index is 1.35. The number of aromatic nitrogens is 2. The van der Waals surface area contributed by atoms with E-state index in [-0.39, 0.29) is 11.9 Å². The first-order valence-corrected chi connectivity index (χ1v) is 9.39.